The van der Waals surface area contributed by atoms with Crippen molar-refractivity contribution in [3.8, 4) is 0 Å². The maximum Gasteiger partial charge on any atom is 0.327 e. The molecule has 1 aliphatic rings. The molecule has 0 radical (unpaired) electrons. The summed E-state index contributed by atoms with van der Waals surface area (Å²) in [6.07, 6.45) is -1.11. The van der Waals surface area contributed by atoms with Gasteiger partial charge in [0.15, 0.2) is 0 Å². The Balaban J connectivity index is 3.01. The first-order valence-electron chi connectivity index (χ1n) is 14.0. The first-order valence-corrected chi connectivity index (χ1v) is 14.6. The van der Waals surface area contributed by atoms with Crippen LogP contribution in [0.2, 0.25) is 0 Å². The predicted molar refractivity (Wildman–Crippen MR) is 157 cm³/mol. The second-order valence-corrected chi connectivity index (χ2v) is 11.1. The van der Waals surface area contributed by atoms with Gasteiger partial charge in [0.25, 0.3) is 0 Å². The Labute approximate surface area is 263 Å². The van der Waals surface area contributed by atoms with Crippen LogP contribution in [0.4, 0.5) is 0 Å². The molecular formula is C26H40N6O12S. The zero-order valence-electron chi connectivity index (χ0n) is 25.2. The van der Waals surface area contributed by atoms with Crippen molar-refractivity contribution < 1.29 is 58.5 Å². The van der Waals surface area contributed by atoms with E-state index in [2.05, 4.69) is 39.2 Å². The van der Waals surface area contributed by atoms with Gasteiger partial charge in [-0.15, -0.1) is 0 Å². The number of likely N-dealkylation sites (tertiary alicyclic amines) is 1. The summed E-state index contributed by atoms with van der Waals surface area (Å²) in [5.41, 5.74) is 0. The second kappa shape index (κ2) is 17.8. The molecule has 0 aromatic carbocycles. The summed E-state index contributed by atoms with van der Waals surface area (Å²) < 4.78 is 0. The first kappa shape index (κ1) is 38.6. The quantitative estimate of drug-likeness (QED) is 0.0709. The van der Waals surface area contributed by atoms with Crippen molar-refractivity contribution in [2.75, 3.05) is 12.3 Å². The van der Waals surface area contributed by atoms with Gasteiger partial charge in [-0.2, -0.15) is 12.6 Å². The molecule has 0 bridgehead atoms. The number of amides is 6. The van der Waals surface area contributed by atoms with Crippen LogP contribution < -0.4 is 26.6 Å². The van der Waals surface area contributed by atoms with Gasteiger partial charge in [-0.3, -0.25) is 38.4 Å². The van der Waals surface area contributed by atoms with Crippen molar-refractivity contribution in [2.45, 2.75) is 89.6 Å². The Kier molecular flexibility index (Phi) is 15.2. The van der Waals surface area contributed by atoms with Gasteiger partial charge in [-0.05, 0) is 25.7 Å². The van der Waals surface area contributed by atoms with E-state index in [0.717, 1.165) is 6.92 Å². The number of aliphatic carboxylic acids is 3. The van der Waals surface area contributed by atoms with Gasteiger partial charge in [0.1, 0.15) is 36.3 Å². The van der Waals surface area contributed by atoms with Crippen LogP contribution in [0.1, 0.15) is 53.4 Å². The number of carbonyl (C=O) groups excluding carboxylic acids is 6. The number of hydrogen-bond acceptors (Lipinski definition) is 10. The maximum absolute atomic E-state index is 13.5. The van der Waals surface area contributed by atoms with Gasteiger partial charge >= 0.3 is 17.9 Å². The van der Waals surface area contributed by atoms with E-state index in [9.17, 15) is 53.4 Å². The normalized spacial score (nSPS) is 17.6. The van der Waals surface area contributed by atoms with E-state index in [-0.39, 0.29) is 18.7 Å². The van der Waals surface area contributed by atoms with E-state index in [4.69, 9.17) is 5.11 Å². The van der Waals surface area contributed by atoms with Gasteiger partial charge in [0.05, 0.1) is 12.8 Å². The first-order chi connectivity index (χ1) is 20.9. The molecule has 18 nitrogen and oxygen atoms in total. The molecule has 1 aliphatic heterocycles. The van der Waals surface area contributed by atoms with Crippen molar-refractivity contribution >= 4 is 66.0 Å². The van der Waals surface area contributed by atoms with E-state index in [1.54, 1.807) is 13.8 Å². The molecule has 6 unspecified atom stereocenters. The smallest absolute Gasteiger partial charge is 0.327 e. The molecule has 1 rings (SSSR count). The molecule has 8 N–H and O–H groups in total. The topological polar surface area (TPSA) is 278 Å². The molecule has 252 valence electrons. The Morgan fingerprint density at radius 1 is 0.756 bits per heavy atom. The van der Waals surface area contributed by atoms with E-state index >= 15 is 0 Å². The van der Waals surface area contributed by atoms with Crippen LogP contribution in [0.3, 0.4) is 0 Å². The Morgan fingerprint density at radius 2 is 1.29 bits per heavy atom. The van der Waals surface area contributed by atoms with Crippen LogP contribution in [0.5, 0.6) is 0 Å². The summed E-state index contributed by atoms with van der Waals surface area (Å²) in [4.78, 5) is 111. The zero-order valence-corrected chi connectivity index (χ0v) is 26.1. The van der Waals surface area contributed by atoms with E-state index in [1.807, 2.05) is 0 Å². The predicted octanol–water partition coefficient (Wildman–Crippen LogP) is -2.94. The number of hydrogen-bond donors (Lipinski definition) is 9. The van der Waals surface area contributed by atoms with Crippen molar-refractivity contribution in [1.82, 2.24) is 31.5 Å². The third-order valence-corrected chi connectivity index (χ3v) is 7.07. The Hall–Kier alpha value is -4.42. The van der Waals surface area contributed by atoms with Crippen LogP contribution in [-0.2, 0) is 43.2 Å². The number of rotatable bonds is 17. The van der Waals surface area contributed by atoms with Crippen LogP contribution in [0, 0.1) is 5.92 Å². The maximum atomic E-state index is 13.5. The number of nitrogens with one attached hydrogen (secondary N) is 5. The van der Waals surface area contributed by atoms with Crippen molar-refractivity contribution in [2.24, 2.45) is 5.92 Å². The molecule has 0 spiro atoms. The minimum Gasteiger partial charge on any atom is -0.481 e. The SMILES string of the molecule is CC(=O)NC(CC(=O)O)C(=O)NC(CC(=O)O)C(=O)NC(C)C(=O)NC(C(=O)N1CCCC1C(=O)NC(CS)C(=O)O)C(C)C. The van der Waals surface area contributed by atoms with Crippen molar-refractivity contribution in [3.63, 3.8) is 0 Å². The standard InChI is InChI=1S/C26H40N6O12S/c1-11(2)20(25(42)32-7-5-6-17(32)24(41)30-16(10-45)26(43)44)31-21(38)12(3)27-22(39)15(9-19(36)37)29-23(40)14(8-18(34)35)28-13(4)33/h11-12,14-17,20,45H,5-10H2,1-4H3,(H,27,39)(H,28,33)(H,29,40)(H,30,41)(H,31,38)(H,34,35)(H,36,37)(H,43,44). The molecule has 1 saturated heterocycles. The third-order valence-electron chi connectivity index (χ3n) is 6.70. The Bertz CT molecular complexity index is 1170. The summed E-state index contributed by atoms with van der Waals surface area (Å²) >= 11 is 3.91. The minimum atomic E-state index is -1.77. The largest absolute Gasteiger partial charge is 0.481 e. The molecule has 0 aliphatic carbocycles. The van der Waals surface area contributed by atoms with Crippen LogP contribution >= 0.6 is 12.6 Å². The van der Waals surface area contributed by atoms with Gasteiger partial charge in [0, 0.05) is 19.2 Å². The van der Waals surface area contributed by atoms with Crippen molar-refractivity contribution in [3.05, 3.63) is 0 Å². The van der Waals surface area contributed by atoms with Gasteiger partial charge in [-0.25, -0.2) is 4.79 Å². The van der Waals surface area contributed by atoms with Gasteiger partial charge < -0.3 is 46.8 Å². The summed E-state index contributed by atoms with van der Waals surface area (Å²) in [5, 5.41) is 38.7. The number of thiol groups is 1. The molecule has 0 aromatic heterocycles. The summed E-state index contributed by atoms with van der Waals surface area (Å²) in [6.45, 7) is 5.67. The molecule has 1 fully saturated rings. The molecule has 19 heteroatoms. The highest BCUT2D eigenvalue weighted by Crippen LogP contribution is 2.21. The van der Waals surface area contributed by atoms with Crippen molar-refractivity contribution in [1.29, 1.82) is 0 Å². The summed E-state index contributed by atoms with van der Waals surface area (Å²) in [7, 11) is 0. The van der Waals surface area contributed by atoms with Gasteiger partial charge in [-0.1, -0.05) is 13.8 Å². The molecule has 0 aromatic rings. The lowest BCUT2D eigenvalue weighted by Gasteiger charge is -2.31. The fourth-order valence-corrected chi connectivity index (χ4v) is 4.64. The monoisotopic (exact) mass is 660 g/mol. The lowest BCUT2D eigenvalue weighted by atomic mass is 10.0. The van der Waals surface area contributed by atoms with Crippen LogP contribution in [-0.4, -0.2) is 122 Å². The molecular weight excluding hydrogens is 620 g/mol. The lowest BCUT2D eigenvalue weighted by Crippen LogP contribution is -2.60. The van der Waals surface area contributed by atoms with Gasteiger partial charge in [0.2, 0.25) is 35.4 Å². The number of nitrogens with zero attached hydrogens (tertiary/aromatic N) is 1. The minimum absolute atomic E-state index is 0.166. The molecule has 6 atom stereocenters. The highest BCUT2D eigenvalue weighted by atomic mass is 32.1. The fourth-order valence-electron chi connectivity index (χ4n) is 4.39. The number of carbonyl (C=O) groups is 9. The lowest BCUT2D eigenvalue weighted by molar-refractivity contribution is -0.145. The zero-order chi connectivity index (χ0) is 34.6. The fraction of sp³-hybridized carbons (Fsp3) is 0.654. The molecule has 45 heavy (non-hydrogen) atoms. The van der Waals surface area contributed by atoms with E-state index in [1.165, 1.54) is 11.8 Å². The number of carboxylic acid groups (broad SMARTS) is 3. The van der Waals surface area contributed by atoms with Crippen LogP contribution in [0.15, 0.2) is 0 Å². The molecule has 0 saturated carbocycles. The average Bonchev–Trinajstić information content (AvgIpc) is 3.42. The van der Waals surface area contributed by atoms with E-state index in [0.29, 0.717) is 6.42 Å². The Morgan fingerprint density at radius 3 is 1.76 bits per heavy atom. The summed E-state index contributed by atoms with van der Waals surface area (Å²) in [5.74, 6) is -10.1. The van der Waals surface area contributed by atoms with Crippen LogP contribution in [0.25, 0.3) is 0 Å². The van der Waals surface area contributed by atoms with E-state index < -0.39 is 108 Å². The second-order valence-electron chi connectivity index (χ2n) is 10.7. The third kappa shape index (κ3) is 12.2. The molecule has 1 heterocycles. The highest BCUT2D eigenvalue weighted by Gasteiger charge is 2.40. The average molecular weight is 661 g/mol. The number of carboxylic acids is 3. The molecule has 6 amide bonds. The highest BCUT2D eigenvalue weighted by molar-refractivity contribution is 7.80. The summed E-state index contributed by atoms with van der Waals surface area (Å²) in [6, 6.07) is -8.19.